The van der Waals surface area contributed by atoms with Crippen LogP contribution in [0, 0.1) is 0 Å². The average Bonchev–Trinajstić information content (AvgIpc) is 1.85. The fraction of sp³-hybridized carbons (Fsp3) is 1.00. The van der Waals surface area contributed by atoms with Gasteiger partial charge < -0.3 is 19.2 Å². The first kappa shape index (κ1) is 20.6. The molecule has 0 amide bonds. The van der Waals surface area contributed by atoms with Gasteiger partial charge in [0.25, 0.3) is 0 Å². The van der Waals surface area contributed by atoms with Crippen molar-refractivity contribution < 1.29 is 79.7 Å². The summed E-state index contributed by atoms with van der Waals surface area (Å²) in [6, 6.07) is 0. The van der Waals surface area contributed by atoms with Gasteiger partial charge in [0.05, 0.1) is 14.2 Å². The molecule has 6 nitrogen and oxygen atoms in total. The first-order chi connectivity index (χ1) is 5.12. The average molecular weight is 253 g/mol. The minimum Gasteiger partial charge on any atom is -0.809 e. The van der Waals surface area contributed by atoms with Gasteiger partial charge in [0.1, 0.15) is 0 Å². The van der Waals surface area contributed by atoms with Crippen LogP contribution in [0.15, 0.2) is 0 Å². The second-order valence-electron chi connectivity index (χ2n) is 1.14. The summed E-state index contributed by atoms with van der Waals surface area (Å²) >= 11 is 0. The molecule has 0 aliphatic carbocycles. The van der Waals surface area contributed by atoms with Crippen LogP contribution in [0.1, 0.15) is 0 Å². The summed E-state index contributed by atoms with van der Waals surface area (Å²) in [4.78, 5) is 27.2. The molecule has 0 bridgehead atoms. The molecule has 0 aromatic heterocycles. The predicted octanol–water partition coefficient (Wildman–Crippen LogP) is -5.70. The molecule has 0 spiro atoms. The standard InChI is InChI=1S/C2H6BO3P.BH5O3P.K/c1-5-7(3,4)6-2;1-5(2,3)4;/h1-2H3;1H3,(H2,2,3,4);/q;-1;+1/p-1. The molecule has 0 aliphatic rings. The maximum absolute atomic E-state index is 10.3. The molecule has 0 saturated carbocycles. The molecule has 0 aliphatic heterocycles. The Hall–Kier alpha value is 2.23. The molecule has 0 heterocycles. The second-order valence-corrected chi connectivity index (χ2v) is 3.43. The van der Waals surface area contributed by atoms with Crippen molar-refractivity contribution in [3.8, 4) is 0 Å². The van der Waals surface area contributed by atoms with Gasteiger partial charge in [0.2, 0.25) is 0 Å². The number of hydrogen-bond donors (Lipinski definition) is 1. The van der Waals surface area contributed by atoms with Crippen molar-refractivity contribution in [2.24, 2.45) is 0 Å². The minimum atomic E-state index is -3.64. The van der Waals surface area contributed by atoms with Crippen molar-refractivity contribution in [2.45, 2.75) is 0 Å². The van der Waals surface area contributed by atoms with E-state index in [0.717, 1.165) is 0 Å². The molecule has 11 heteroatoms. The van der Waals surface area contributed by atoms with Crippen molar-refractivity contribution in [1.29, 1.82) is 0 Å². The van der Waals surface area contributed by atoms with Crippen LogP contribution in [0.4, 0.5) is 0 Å². The smallest absolute Gasteiger partial charge is 0.809 e. The zero-order valence-electron chi connectivity index (χ0n) is 6.96. The molecule has 0 fully saturated rings. The normalized spacial score (nSPS) is 14.6. The Morgan fingerprint density at radius 1 is 1.54 bits per heavy atom. The maximum Gasteiger partial charge on any atom is 1.00 e. The van der Waals surface area contributed by atoms with Gasteiger partial charge in [-0.3, -0.25) is 0 Å². The fourth-order valence-corrected chi connectivity index (χ4v) is 0.224. The molecule has 2 radical (unpaired) electrons. The molecule has 0 aromatic carbocycles. The molecule has 1 atom stereocenters. The zero-order chi connectivity index (χ0) is 10.4. The van der Waals surface area contributed by atoms with Crippen LogP contribution in [0.3, 0.4) is 0 Å². The Balaban J connectivity index is -0.000000150. The second kappa shape index (κ2) is 9.45. The third kappa shape index (κ3) is 31.4. The molecule has 0 rings (SSSR count). The molecule has 72 valence electrons. The van der Waals surface area contributed by atoms with E-state index in [-0.39, 0.29) is 51.4 Å². The molecule has 0 aromatic rings. The van der Waals surface area contributed by atoms with E-state index in [9.17, 15) is 14.4 Å². The molecular formula is C2H10B2KO6P2-. The Bertz CT molecular complexity index is 146. The van der Waals surface area contributed by atoms with E-state index in [1.807, 2.05) is 0 Å². The van der Waals surface area contributed by atoms with Crippen molar-refractivity contribution >= 4 is 30.4 Å². The van der Waals surface area contributed by atoms with Crippen molar-refractivity contribution in [2.75, 3.05) is 14.2 Å². The monoisotopic (exact) mass is 253 g/mol. The van der Waals surface area contributed by atoms with Crippen molar-refractivity contribution in [3.05, 3.63) is 0 Å². The van der Waals surface area contributed by atoms with Crippen LogP contribution in [0.2, 0.25) is 0 Å². The zero-order valence-corrected chi connectivity index (χ0v) is 11.9. The van der Waals surface area contributed by atoms with E-state index in [0.29, 0.717) is 0 Å². The number of hydrogen-bond acceptors (Lipinski definition) is 5. The van der Waals surface area contributed by atoms with Crippen LogP contribution in [0.5, 0.6) is 0 Å². The van der Waals surface area contributed by atoms with Crippen LogP contribution in [-0.2, 0) is 13.6 Å². The van der Waals surface area contributed by atoms with Gasteiger partial charge in [-0.2, -0.15) is 0 Å². The fourth-order valence-electron chi connectivity index (χ4n) is 0.0745. The van der Waals surface area contributed by atoms with Gasteiger partial charge in [0, 0.05) is 7.57 Å². The third-order valence-electron chi connectivity index (χ3n) is 0.509. The molecule has 1 unspecified atom stereocenters. The van der Waals surface area contributed by atoms with E-state index in [2.05, 4.69) is 9.05 Å². The van der Waals surface area contributed by atoms with Crippen LogP contribution >= 0.6 is 15.3 Å². The quantitative estimate of drug-likeness (QED) is 0.388. The summed E-state index contributed by atoms with van der Waals surface area (Å²) in [5.41, 5.74) is 0. The molecule has 1 N–H and O–H groups in total. The van der Waals surface area contributed by atoms with Gasteiger partial charge >= 0.3 is 59.0 Å². The SMILES string of the molecule is [BH3-]P(=O)([O-])O.[B][P+]([O-])(OC)OC.[K+]. The number of rotatable bonds is 2. The van der Waals surface area contributed by atoms with Crippen molar-refractivity contribution in [1.82, 2.24) is 0 Å². The summed E-state index contributed by atoms with van der Waals surface area (Å²) in [7, 11) is -0.354. The van der Waals surface area contributed by atoms with Gasteiger partial charge in [-0.25, -0.2) is 9.05 Å². The largest absolute Gasteiger partial charge is 1.00 e. The molecular weight excluding hydrogens is 243 g/mol. The summed E-state index contributed by atoms with van der Waals surface area (Å²) in [5, 5.41) is 0. The Morgan fingerprint density at radius 2 is 1.69 bits per heavy atom. The first-order valence-corrected chi connectivity index (χ1v) is 4.93. The Morgan fingerprint density at radius 3 is 1.69 bits per heavy atom. The Labute approximate surface area is 123 Å². The maximum atomic E-state index is 10.3. The van der Waals surface area contributed by atoms with Crippen LogP contribution in [0.25, 0.3) is 0 Å². The van der Waals surface area contributed by atoms with Gasteiger partial charge in [0.15, 0.2) is 7.82 Å². The van der Waals surface area contributed by atoms with E-state index < -0.39 is 22.9 Å². The van der Waals surface area contributed by atoms with Crippen LogP contribution < -0.4 is 61.2 Å². The third-order valence-corrected chi connectivity index (χ3v) is 1.53. The first-order valence-electron chi connectivity index (χ1n) is 2.19. The van der Waals surface area contributed by atoms with Gasteiger partial charge in [-0.1, -0.05) is 0 Å². The van der Waals surface area contributed by atoms with E-state index in [1.165, 1.54) is 14.2 Å². The van der Waals surface area contributed by atoms with Gasteiger partial charge in [-0.05, 0) is 7.47 Å². The summed E-state index contributed by atoms with van der Waals surface area (Å²) in [6.45, 7) is 0. The predicted molar refractivity (Wildman–Crippen MR) is 46.5 cm³/mol. The van der Waals surface area contributed by atoms with E-state index in [4.69, 9.17) is 12.5 Å². The summed E-state index contributed by atoms with van der Waals surface area (Å²) < 4.78 is 17.7. The van der Waals surface area contributed by atoms with Crippen molar-refractivity contribution in [3.63, 3.8) is 0 Å². The molecule has 0 saturated heterocycles. The minimum absolute atomic E-state index is 0. The molecule has 13 heavy (non-hydrogen) atoms. The Kier molecular flexibility index (Phi) is 15.0. The van der Waals surface area contributed by atoms with E-state index >= 15 is 0 Å². The summed E-state index contributed by atoms with van der Waals surface area (Å²) in [6.07, 6.45) is 0. The summed E-state index contributed by atoms with van der Waals surface area (Å²) in [5.74, 6) is 0. The van der Waals surface area contributed by atoms with Gasteiger partial charge in [-0.15, -0.1) is 0 Å². The topological polar surface area (TPSA) is 102 Å². The van der Waals surface area contributed by atoms with Crippen LogP contribution in [-0.4, -0.2) is 34.2 Å². The van der Waals surface area contributed by atoms with E-state index in [1.54, 1.807) is 0 Å².